The maximum atomic E-state index is 14.2. The fourth-order valence-electron chi connectivity index (χ4n) is 3.02. The highest BCUT2D eigenvalue weighted by Crippen LogP contribution is 2.38. The third kappa shape index (κ3) is 3.95. The number of anilines is 1. The molecule has 1 amide bonds. The zero-order valence-electron chi connectivity index (χ0n) is 15.5. The van der Waals surface area contributed by atoms with Crippen molar-refractivity contribution in [3.8, 4) is 5.75 Å². The first-order valence-corrected chi connectivity index (χ1v) is 10.4. The number of aryl methyl sites for hydroxylation is 1. The lowest BCUT2D eigenvalue weighted by atomic mass is 10.0. The van der Waals surface area contributed by atoms with Gasteiger partial charge in [0.05, 0.1) is 18.8 Å². The van der Waals surface area contributed by atoms with Gasteiger partial charge < -0.3 is 15.5 Å². The minimum atomic E-state index is -0.595. The standard InChI is InChI=1S/C19H17BrFN5O2S/c1-10-23-24-19-26(10)25-16(11-3-6-13(28-2)7-4-11)17(29-19)18(27)22-15-8-5-12(20)9-14(15)21/h3-9,16-17,25H,1-2H3,(H,22,27)/t16-,17+/m0/s1. The van der Waals surface area contributed by atoms with Gasteiger partial charge in [0.25, 0.3) is 0 Å². The van der Waals surface area contributed by atoms with Crippen molar-refractivity contribution in [2.75, 3.05) is 17.9 Å². The molecule has 4 rings (SSSR count). The molecule has 0 radical (unpaired) electrons. The van der Waals surface area contributed by atoms with Crippen LogP contribution in [0, 0.1) is 12.7 Å². The van der Waals surface area contributed by atoms with Crippen LogP contribution in [-0.2, 0) is 4.79 Å². The zero-order valence-corrected chi connectivity index (χ0v) is 17.9. The van der Waals surface area contributed by atoms with Crippen molar-refractivity contribution in [1.82, 2.24) is 14.9 Å². The molecule has 0 spiro atoms. The van der Waals surface area contributed by atoms with E-state index in [4.69, 9.17) is 4.74 Å². The van der Waals surface area contributed by atoms with Crippen molar-refractivity contribution in [1.29, 1.82) is 0 Å². The highest BCUT2D eigenvalue weighted by Gasteiger charge is 2.37. The molecule has 150 valence electrons. The largest absolute Gasteiger partial charge is 0.497 e. The van der Waals surface area contributed by atoms with Crippen molar-refractivity contribution in [3.05, 3.63) is 64.1 Å². The van der Waals surface area contributed by atoms with Gasteiger partial charge in [0.1, 0.15) is 22.6 Å². The Morgan fingerprint density at radius 1 is 1.28 bits per heavy atom. The third-order valence-corrected chi connectivity index (χ3v) is 6.23. The number of carbonyl (C=O) groups is 1. The molecule has 10 heteroatoms. The summed E-state index contributed by atoms with van der Waals surface area (Å²) in [7, 11) is 1.60. The molecule has 2 heterocycles. The first-order chi connectivity index (χ1) is 14.0. The van der Waals surface area contributed by atoms with E-state index < -0.39 is 11.1 Å². The van der Waals surface area contributed by atoms with Crippen molar-refractivity contribution < 1.29 is 13.9 Å². The maximum absolute atomic E-state index is 14.2. The number of hydrogen-bond donors (Lipinski definition) is 2. The second-order valence-electron chi connectivity index (χ2n) is 6.40. The second kappa shape index (κ2) is 8.03. The number of carbonyl (C=O) groups excluding carboxylic acids is 1. The molecular formula is C19H17BrFN5O2S. The highest BCUT2D eigenvalue weighted by molar-refractivity contribution is 9.10. The van der Waals surface area contributed by atoms with E-state index in [2.05, 4.69) is 36.9 Å². The third-order valence-electron chi connectivity index (χ3n) is 4.52. The summed E-state index contributed by atoms with van der Waals surface area (Å²) in [4.78, 5) is 13.1. The molecule has 1 aliphatic heterocycles. The Morgan fingerprint density at radius 3 is 2.72 bits per heavy atom. The Balaban J connectivity index is 1.66. The number of thioether (sulfide) groups is 1. The molecule has 0 bridgehead atoms. The molecule has 0 saturated carbocycles. The van der Waals surface area contributed by atoms with Crippen molar-refractivity contribution in [2.24, 2.45) is 0 Å². The van der Waals surface area contributed by atoms with Gasteiger partial charge in [-0.05, 0) is 42.8 Å². The Kier molecular flexibility index (Phi) is 5.46. The lowest BCUT2D eigenvalue weighted by Gasteiger charge is -2.32. The van der Waals surface area contributed by atoms with Crippen molar-refractivity contribution in [2.45, 2.75) is 23.4 Å². The van der Waals surface area contributed by atoms with Crippen LogP contribution in [0.25, 0.3) is 0 Å². The Labute approximate surface area is 179 Å². The average molecular weight is 478 g/mol. The quantitative estimate of drug-likeness (QED) is 0.593. The minimum Gasteiger partial charge on any atom is -0.497 e. The van der Waals surface area contributed by atoms with Crippen LogP contribution < -0.4 is 15.5 Å². The van der Waals surface area contributed by atoms with Gasteiger partial charge in [0.15, 0.2) is 0 Å². The van der Waals surface area contributed by atoms with E-state index in [9.17, 15) is 9.18 Å². The number of amides is 1. The number of methoxy groups -OCH3 is 1. The van der Waals surface area contributed by atoms with E-state index in [-0.39, 0.29) is 17.6 Å². The summed E-state index contributed by atoms with van der Waals surface area (Å²) >= 11 is 4.50. The van der Waals surface area contributed by atoms with Crippen LogP contribution in [0.15, 0.2) is 52.1 Å². The van der Waals surface area contributed by atoms with E-state index >= 15 is 0 Å². The number of benzene rings is 2. The summed E-state index contributed by atoms with van der Waals surface area (Å²) in [6, 6.07) is 11.6. The number of halogens is 2. The van der Waals surface area contributed by atoms with Gasteiger partial charge in [0, 0.05) is 4.47 Å². The molecule has 3 aromatic rings. The molecule has 7 nitrogen and oxygen atoms in total. The van der Waals surface area contributed by atoms with E-state index in [1.807, 2.05) is 31.2 Å². The van der Waals surface area contributed by atoms with Crippen molar-refractivity contribution in [3.63, 3.8) is 0 Å². The van der Waals surface area contributed by atoms with Crippen molar-refractivity contribution >= 4 is 39.3 Å². The Bertz CT molecular complexity index is 1060. The first-order valence-electron chi connectivity index (χ1n) is 8.71. The fourth-order valence-corrected chi connectivity index (χ4v) is 4.47. The molecule has 0 fully saturated rings. The van der Waals surface area contributed by atoms with Crippen LogP contribution in [-0.4, -0.2) is 33.1 Å². The van der Waals surface area contributed by atoms with Crippen LogP contribution in [0.5, 0.6) is 5.75 Å². The highest BCUT2D eigenvalue weighted by atomic mass is 79.9. The van der Waals surface area contributed by atoms with Crippen LogP contribution in [0.3, 0.4) is 0 Å². The van der Waals surface area contributed by atoms with E-state index in [0.717, 1.165) is 11.3 Å². The number of nitrogens with one attached hydrogen (secondary N) is 2. The van der Waals surface area contributed by atoms with Gasteiger partial charge in [-0.25, -0.2) is 9.07 Å². The Hall–Kier alpha value is -2.59. The Morgan fingerprint density at radius 2 is 2.03 bits per heavy atom. The van der Waals surface area contributed by atoms with Crippen LogP contribution in [0.1, 0.15) is 17.4 Å². The number of hydrogen-bond acceptors (Lipinski definition) is 6. The van der Waals surface area contributed by atoms with E-state index in [0.29, 0.717) is 15.5 Å². The SMILES string of the molecule is COc1ccc([C@@H]2Nn3c(C)nnc3S[C@H]2C(=O)Nc2ccc(Br)cc2F)cc1. The summed E-state index contributed by atoms with van der Waals surface area (Å²) in [5, 5.41) is 10.8. The van der Waals surface area contributed by atoms with Crippen LogP contribution >= 0.6 is 27.7 Å². The minimum absolute atomic E-state index is 0.121. The monoisotopic (exact) mass is 477 g/mol. The van der Waals surface area contributed by atoms with Crippen LogP contribution in [0.4, 0.5) is 10.1 Å². The number of ether oxygens (including phenoxy) is 1. The molecular weight excluding hydrogens is 461 g/mol. The number of fused-ring (bicyclic) bond motifs is 1. The lowest BCUT2D eigenvalue weighted by molar-refractivity contribution is -0.116. The van der Waals surface area contributed by atoms with Gasteiger partial charge in [-0.3, -0.25) is 4.79 Å². The predicted octanol–water partition coefficient (Wildman–Crippen LogP) is 3.89. The fraction of sp³-hybridized carbons (Fsp3) is 0.211. The molecule has 2 N–H and O–H groups in total. The number of rotatable bonds is 4. The molecule has 1 aliphatic rings. The molecule has 2 aromatic carbocycles. The molecule has 0 saturated heterocycles. The number of nitrogens with zero attached hydrogens (tertiary/aromatic N) is 3. The summed E-state index contributed by atoms with van der Waals surface area (Å²) in [5.41, 5.74) is 4.31. The first kappa shape index (κ1) is 19.7. The molecule has 2 atom stereocenters. The van der Waals surface area contributed by atoms with Crippen LogP contribution in [0.2, 0.25) is 0 Å². The normalized spacial score (nSPS) is 17.9. The van der Waals surface area contributed by atoms with E-state index in [1.165, 1.54) is 23.9 Å². The number of aromatic nitrogens is 3. The smallest absolute Gasteiger partial charge is 0.240 e. The predicted molar refractivity (Wildman–Crippen MR) is 112 cm³/mol. The maximum Gasteiger partial charge on any atom is 0.240 e. The second-order valence-corrected chi connectivity index (χ2v) is 8.42. The molecule has 1 aromatic heterocycles. The van der Waals surface area contributed by atoms with Gasteiger partial charge in [-0.2, -0.15) is 0 Å². The molecule has 0 aliphatic carbocycles. The lowest BCUT2D eigenvalue weighted by Crippen LogP contribution is -2.41. The summed E-state index contributed by atoms with van der Waals surface area (Å²) in [6.45, 7) is 1.83. The molecule has 0 unspecified atom stereocenters. The topological polar surface area (TPSA) is 81.1 Å². The average Bonchev–Trinajstić information content (AvgIpc) is 3.09. The summed E-state index contributed by atoms with van der Waals surface area (Å²) in [6.07, 6.45) is 0. The zero-order chi connectivity index (χ0) is 20.5. The van der Waals surface area contributed by atoms with Gasteiger partial charge in [-0.1, -0.05) is 39.8 Å². The van der Waals surface area contributed by atoms with Gasteiger partial charge >= 0.3 is 0 Å². The van der Waals surface area contributed by atoms with Gasteiger partial charge in [0.2, 0.25) is 11.1 Å². The summed E-state index contributed by atoms with van der Waals surface area (Å²) < 4.78 is 21.8. The van der Waals surface area contributed by atoms with Gasteiger partial charge in [-0.15, -0.1) is 10.2 Å². The molecule has 29 heavy (non-hydrogen) atoms. The summed E-state index contributed by atoms with van der Waals surface area (Å²) in [5.74, 6) is 0.554. The van der Waals surface area contributed by atoms with E-state index in [1.54, 1.807) is 17.9 Å².